The molecule has 3 amide bonds. The maximum Gasteiger partial charge on any atom is 0.291 e. The summed E-state index contributed by atoms with van der Waals surface area (Å²) in [5, 5.41) is 8.57. The van der Waals surface area contributed by atoms with Gasteiger partial charge in [-0.25, -0.2) is 9.37 Å². The second-order valence-corrected chi connectivity index (χ2v) is 10.4. The van der Waals surface area contributed by atoms with E-state index in [1.165, 1.54) is 43.6 Å². The Labute approximate surface area is 233 Å². The van der Waals surface area contributed by atoms with Gasteiger partial charge in [-0.3, -0.25) is 14.4 Å². The van der Waals surface area contributed by atoms with Crippen molar-refractivity contribution in [1.29, 1.82) is 0 Å². The Kier molecular flexibility index (Phi) is 7.72. The minimum atomic E-state index is -1.16. The molecule has 0 saturated heterocycles. The average molecular weight is 573 g/mol. The number of nitrogens with zero attached hydrogens (tertiary/aromatic N) is 1. The summed E-state index contributed by atoms with van der Waals surface area (Å²) >= 11 is 6.31. The standard InChI is InChI=1S/C27H27ClF2N6O4/c1-40-21-5-4-18(22(29)23(21)30)20-11-32-24(36-20)27(39)33-14-2-3-17(19(28)10-14)26(38)35-15-6-12(7-15)25(37)34-16-8-13(31)9-16/h2-5,10-13,15-16H,6-9,31H2,1H3,(H,32,36)(H,33,39)(H,34,37)(H,35,38). The lowest BCUT2D eigenvalue weighted by molar-refractivity contribution is -0.129. The van der Waals surface area contributed by atoms with Crippen LogP contribution in [0.5, 0.6) is 5.75 Å². The Bertz CT molecular complexity index is 1470. The molecule has 2 aliphatic rings. The zero-order valence-corrected chi connectivity index (χ0v) is 22.1. The molecule has 210 valence electrons. The van der Waals surface area contributed by atoms with Crippen molar-refractivity contribution in [3.8, 4) is 17.0 Å². The number of carbonyl (C=O) groups is 3. The summed E-state index contributed by atoms with van der Waals surface area (Å²) in [6.45, 7) is 0. The summed E-state index contributed by atoms with van der Waals surface area (Å²) in [6, 6.07) is 7.12. The highest BCUT2D eigenvalue weighted by atomic mass is 35.5. The number of aromatic amines is 1. The number of anilines is 1. The van der Waals surface area contributed by atoms with Crippen LogP contribution in [0.4, 0.5) is 14.5 Å². The molecule has 1 heterocycles. The van der Waals surface area contributed by atoms with Crippen molar-refractivity contribution >= 4 is 35.0 Å². The molecule has 2 aliphatic carbocycles. The molecule has 0 aliphatic heterocycles. The van der Waals surface area contributed by atoms with E-state index in [0.29, 0.717) is 18.5 Å². The van der Waals surface area contributed by atoms with E-state index in [4.69, 9.17) is 22.1 Å². The molecule has 0 spiro atoms. The Morgan fingerprint density at radius 2 is 1.75 bits per heavy atom. The third kappa shape index (κ3) is 5.63. The number of methoxy groups -OCH3 is 1. The molecule has 10 nitrogen and oxygen atoms in total. The summed E-state index contributed by atoms with van der Waals surface area (Å²) in [7, 11) is 1.22. The van der Waals surface area contributed by atoms with Crippen LogP contribution in [0.2, 0.25) is 5.02 Å². The highest BCUT2D eigenvalue weighted by Gasteiger charge is 2.38. The van der Waals surface area contributed by atoms with Crippen LogP contribution in [-0.4, -0.2) is 52.9 Å². The lowest BCUT2D eigenvalue weighted by atomic mass is 9.78. The van der Waals surface area contributed by atoms with Crippen LogP contribution in [0.15, 0.2) is 36.5 Å². The van der Waals surface area contributed by atoms with Gasteiger partial charge in [0.15, 0.2) is 17.4 Å². The maximum absolute atomic E-state index is 14.4. The van der Waals surface area contributed by atoms with Crippen LogP contribution in [0.1, 0.15) is 46.7 Å². The number of carbonyl (C=O) groups excluding carboxylic acids is 3. The Morgan fingerprint density at radius 1 is 1.02 bits per heavy atom. The van der Waals surface area contributed by atoms with Gasteiger partial charge in [-0.2, -0.15) is 4.39 Å². The van der Waals surface area contributed by atoms with Crippen LogP contribution < -0.4 is 26.4 Å². The van der Waals surface area contributed by atoms with E-state index in [-0.39, 0.29) is 69.3 Å². The normalized spacial score (nSPS) is 21.5. The number of H-pyrrole nitrogens is 1. The van der Waals surface area contributed by atoms with E-state index in [2.05, 4.69) is 25.9 Å². The van der Waals surface area contributed by atoms with Gasteiger partial charge < -0.3 is 31.4 Å². The zero-order valence-electron chi connectivity index (χ0n) is 21.4. The van der Waals surface area contributed by atoms with Crippen molar-refractivity contribution in [2.45, 2.75) is 43.8 Å². The number of nitrogens with one attached hydrogen (secondary N) is 4. The molecule has 0 atom stereocenters. The fraction of sp³-hybridized carbons (Fsp3) is 0.333. The lowest BCUT2D eigenvalue weighted by Gasteiger charge is -2.38. The number of imidazole rings is 1. The summed E-state index contributed by atoms with van der Waals surface area (Å²) in [4.78, 5) is 44.3. The topological polar surface area (TPSA) is 151 Å². The second kappa shape index (κ2) is 11.2. The van der Waals surface area contributed by atoms with Gasteiger partial charge in [-0.1, -0.05) is 11.6 Å². The van der Waals surface area contributed by atoms with Crippen molar-refractivity contribution in [2.75, 3.05) is 12.4 Å². The van der Waals surface area contributed by atoms with Crippen molar-refractivity contribution < 1.29 is 27.9 Å². The van der Waals surface area contributed by atoms with E-state index in [1.54, 1.807) is 0 Å². The predicted octanol–water partition coefficient (Wildman–Crippen LogP) is 3.38. The average Bonchev–Trinajstić information content (AvgIpc) is 3.36. The number of hydrogen-bond donors (Lipinski definition) is 5. The van der Waals surface area contributed by atoms with Crippen molar-refractivity contribution in [3.63, 3.8) is 0 Å². The fourth-order valence-corrected chi connectivity index (χ4v) is 5.02. The number of rotatable bonds is 8. The van der Waals surface area contributed by atoms with Crippen LogP contribution in [0, 0.1) is 17.6 Å². The lowest BCUT2D eigenvalue weighted by Crippen LogP contribution is -2.55. The molecule has 13 heteroatoms. The van der Waals surface area contributed by atoms with Crippen molar-refractivity contribution in [3.05, 3.63) is 64.6 Å². The highest BCUT2D eigenvalue weighted by Crippen LogP contribution is 2.31. The Hall–Kier alpha value is -4.03. The number of halogens is 3. The van der Waals surface area contributed by atoms with Gasteiger partial charge in [0.25, 0.3) is 11.8 Å². The summed E-state index contributed by atoms with van der Waals surface area (Å²) in [5.41, 5.74) is 6.23. The minimum Gasteiger partial charge on any atom is -0.494 e. The fourth-order valence-electron chi connectivity index (χ4n) is 4.75. The first-order chi connectivity index (χ1) is 19.1. The number of aromatic nitrogens is 2. The molecule has 40 heavy (non-hydrogen) atoms. The summed E-state index contributed by atoms with van der Waals surface area (Å²) < 4.78 is 33.2. The molecular weight excluding hydrogens is 546 g/mol. The number of hydrogen-bond acceptors (Lipinski definition) is 6. The molecule has 1 aromatic heterocycles. The Balaban J connectivity index is 1.15. The number of ether oxygens (including phenoxy) is 1. The zero-order chi connectivity index (χ0) is 28.6. The molecule has 2 fully saturated rings. The number of nitrogens with two attached hydrogens (primary N) is 1. The van der Waals surface area contributed by atoms with Crippen molar-refractivity contribution in [1.82, 2.24) is 20.6 Å². The smallest absolute Gasteiger partial charge is 0.291 e. The van der Waals surface area contributed by atoms with Gasteiger partial charge in [-0.15, -0.1) is 0 Å². The first-order valence-corrected chi connectivity index (χ1v) is 13.1. The molecule has 6 N–H and O–H groups in total. The van der Waals surface area contributed by atoms with E-state index in [0.717, 1.165) is 12.8 Å². The van der Waals surface area contributed by atoms with E-state index >= 15 is 0 Å². The maximum atomic E-state index is 14.4. The SMILES string of the molecule is COc1ccc(-c2cnc(C(=O)Nc3ccc(C(=O)NC4CC(C(=O)NC5CC(N)C5)C4)c(Cl)c3)[nH]2)c(F)c1F. The summed E-state index contributed by atoms with van der Waals surface area (Å²) in [6.07, 6.45) is 3.87. The molecule has 0 unspecified atom stereocenters. The molecule has 2 saturated carbocycles. The Morgan fingerprint density at radius 3 is 2.42 bits per heavy atom. The molecule has 3 aromatic rings. The molecular formula is C27H27ClF2N6O4. The van der Waals surface area contributed by atoms with Crippen LogP contribution in [0.25, 0.3) is 11.3 Å². The van der Waals surface area contributed by atoms with E-state index in [1.807, 2.05) is 0 Å². The van der Waals surface area contributed by atoms with E-state index < -0.39 is 17.5 Å². The van der Waals surface area contributed by atoms with E-state index in [9.17, 15) is 23.2 Å². The van der Waals surface area contributed by atoms with Gasteiger partial charge >= 0.3 is 0 Å². The van der Waals surface area contributed by atoms with Gasteiger partial charge in [0.2, 0.25) is 11.7 Å². The number of benzene rings is 2. The number of amides is 3. The van der Waals surface area contributed by atoms with Gasteiger partial charge in [-0.05, 0) is 56.0 Å². The minimum absolute atomic E-state index is 0.00880. The van der Waals surface area contributed by atoms with Crippen molar-refractivity contribution in [2.24, 2.45) is 11.7 Å². The molecule has 0 bridgehead atoms. The van der Waals surface area contributed by atoms with Crippen LogP contribution in [-0.2, 0) is 4.79 Å². The predicted molar refractivity (Wildman–Crippen MR) is 143 cm³/mol. The van der Waals surface area contributed by atoms with Gasteiger partial charge in [0.1, 0.15) is 0 Å². The van der Waals surface area contributed by atoms with Crippen LogP contribution >= 0.6 is 11.6 Å². The first-order valence-electron chi connectivity index (χ1n) is 12.7. The van der Waals surface area contributed by atoms with Gasteiger partial charge in [0, 0.05) is 35.3 Å². The molecule has 2 aromatic carbocycles. The first kappa shape index (κ1) is 27.5. The largest absolute Gasteiger partial charge is 0.494 e. The quantitative estimate of drug-likeness (QED) is 0.279. The second-order valence-electron chi connectivity index (χ2n) is 10.0. The third-order valence-corrected chi connectivity index (χ3v) is 7.50. The highest BCUT2D eigenvalue weighted by molar-refractivity contribution is 6.34. The third-order valence-electron chi connectivity index (χ3n) is 7.18. The molecule has 5 rings (SSSR count). The van der Waals surface area contributed by atoms with Gasteiger partial charge in [0.05, 0.1) is 29.6 Å². The van der Waals surface area contributed by atoms with Crippen LogP contribution in [0.3, 0.4) is 0 Å². The molecule has 0 radical (unpaired) electrons. The monoisotopic (exact) mass is 572 g/mol. The summed E-state index contributed by atoms with van der Waals surface area (Å²) in [5.74, 6) is -3.89.